The van der Waals surface area contributed by atoms with Crippen LogP contribution in [0.25, 0.3) is 0 Å². The van der Waals surface area contributed by atoms with Gasteiger partial charge < -0.3 is 10.2 Å². The summed E-state index contributed by atoms with van der Waals surface area (Å²) in [6, 6.07) is 8.76. The van der Waals surface area contributed by atoms with Gasteiger partial charge in [0.1, 0.15) is 0 Å². The molecule has 0 spiro atoms. The lowest BCUT2D eigenvalue weighted by Gasteiger charge is -2.33. The van der Waals surface area contributed by atoms with Crippen molar-refractivity contribution in [2.75, 3.05) is 25.4 Å². The van der Waals surface area contributed by atoms with Gasteiger partial charge in [-0.2, -0.15) is 0 Å². The largest absolute Gasteiger partial charge is 0.355 e. The van der Waals surface area contributed by atoms with Gasteiger partial charge in [0.05, 0.1) is 5.75 Å². The Morgan fingerprint density at radius 3 is 2.86 bits per heavy atom. The van der Waals surface area contributed by atoms with Crippen molar-refractivity contribution in [3.05, 3.63) is 28.7 Å². The Balaban J connectivity index is 1.56. The molecule has 1 aliphatic heterocycles. The number of hydrogen-bond donors (Lipinski definition) is 1. The molecule has 1 aromatic rings. The van der Waals surface area contributed by atoms with Crippen molar-refractivity contribution < 1.29 is 4.79 Å². The van der Waals surface area contributed by atoms with E-state index in [1.165, 1.54) is 25.8 Å². The van der Waals surface area contributed by atoms with E-state index in [9.17, 15) is 4.79 Å². The zero-order valence-corrected chi connectivity index (χ0v) is 15.6. The number of carbonyl (C=O) groups excluding carboxylic acids is 1. The molecule has 1 fully saturated rings. The fourth-order valence-corrected chi connectivity index (χ4v) is 3.72. The second kappa shape index (κ2) is 9.58. The van der Waals surface area contributed by atoms with Gasteiger partial charge in [-0.05, 0) is 57.0 Å². The average Bonchev–Trinajstić information content (AvgIpc) is 2.52. The molecule has 1 amide bonds. The molecule has 1 N–H and O–H groups in total. The number of amides is 1. The first-order chi connectivity index (χ1) is 10.6. The topological polar surface area (TPSA) is 32.3 Å². The smallest absolute Gasteiger partial charge is 0.230 e. The van der Waals surface area contributed by atoms with E-state index in [-0.39, 0.29) is 5.91 Å². The number of nitrogens with one attached hydrogen (secondary N) is 1. The van der Waals surface area contributed by atoms with Crippen molar-refractivity contribution in [3.63, 3.8) is 0 Å². The third kappa shape index (κ3) is 6.31. The van der Waals surface area contributed by atoms with E-state index < -0.39 is 0 Å². The number of rotatable bonds is 7. The van der Waals surface area contributed by atoms with Crippen LogP contribution in [0.4, 0.5) is 0 Å². The van der Waals surface area contributed by atoms with Crippen LogP contribution < -0.4 is 5.32 Å². The van der Waals surface area contributed by atoms with Crippen LogP contribution in [-0.2, 0) is 4.79 Å². The van der Waals surface area contributed by atoms with Crippen LogP contribution in [-0.4, -0.2) is 42.2 Å². The Kier molecular flexibility index (Phi) is 7.76. The summed E-state index contributed by atoms with van der Waals surface area (Å²) in [4.78, 5) is 15.5. The van der Waals surface area contributed by atoms with Crippen molar-refractivity contribution in [3.8, 4) is 0 Å². The third-order valence-corrected chi connectivity index (χ3v) is 5.61. The summed E-state index contributed by atoms with van der Waals surface area (Å²) in [6.45, 7) is 5.41. The highest BCUT2D eigenvalue weighted by atomic mass is 79.9. The first-order valence-electron chi connectivity index (χ1n) is 8.04. The molecule has 1 atom stereocenters. The number of nitrogens with zero attached hydrogens (tertiary/aromatic N) is 1. The van der Waals surface area contributed by atoms with Gasteiger partial charge in [0.2, 0.25) is 5.91 Å². The minimum Gasteiger partial charge on any atom is -0.355 e. The number of hydrogen-bond acceptors (Lipinski definition) is 3. The first kappa shape index (κ1) is 17.8. The molecular weight excluding hydrogens is 360 g/mol. The summed E-state index contributed by atoms with van der Waals surface area (Å²) in [7, 11) is 0. The van der Waals surface area contributed by atoms with Gasteiger partial charge in [0.15, 0.2) is 0 Å². The zero-order valence-electron chi connectivity index (χ0n) is 13.2. The van der Waals surface area contributed by atoms with Crippen LogP contribution in [0.2, 0.25) is 0 Å². The van der Waals surface area contributed by atoms with Gasteiger partial charge in [0, 0.05) is 28.5 Å². The second-order valence-electron chi connectivity index (χ2n) is 5.83. The van der Waals surface area contributed by atoms with Gasteiger partial charge >= 0.3 is 0 Å². The monoisotopic (exact) mass is 384 g/mol. The minimum absolute atomic E-state index is 0.125. The molecule has 0 unspecified atom stereocenters. The van der Waals surface area contributed by atoms with Crippen molar-refractivity contribution in [1.82, 2.24) is 10.2 Å². The fourth-order valence-electron chi connectivity index (χ4n) is 2.73. The van der Waals surface area contributed by atoms with Crippen LogP contribution in [0.15, 0.2) is 33.6 Å². The van der Waals surface area contributed by atoms with E-state index in [4.69, 9.17) is 0 Å². The standard InChI is InChI=1S/C17H25BrN2OS/c1-14-5-2-3-11-20(14)12-4-10-19-17(21)13-22-16-8-6-15(18)7-9-16/h6-9,14H,2-5,10-13H2,1H3,(H,19,21)/t14-/m1/s1. The summed E-state index contributed by atoms with van der Waals surface area (Å²) in [5.74, 6) is 0.612. The molecule has 2 rings (SSSR count). The Morgan fingerprint density at radius 2 is 2.14 bits per heavy atom. The predicted molar refractivity (Wildman–Crippen MR) is 97.4 cm³/mol. The molecule has 0 aliphatic carbocycles. The number of thioether (sulfide) groups is 1. The Bertz CT molecular complexity index is 466. The highest BCUT2D eigenvalue weighted by molar-refractivity contribution is 9.10. The lowest BCUT2D eigenvalue weighted by molar-refractivity contribution is -0.118. The van der Waals surface area contributed by atoms with Crippen LogP contribution in [0.3, 0.4) is 0 Å². The van der Waals surface area contributed by atoms with Crippen molar-refractivity contribution >= 4 is 33.6 Å². The van der Waals surface area contributed by atoms with Gasteiger partial charge in [-0.3, -0.25) is 4.79 Å². The van der Waals surface area contributed by atoms with Crippen LogP contribution in [0.5, 0.6) is 0 Å². The quantitative estimate of drug-likeness (QED) is 0.570. The number of carbonyl (C=O) groups is 1. The summed E-state index contributed by atoms with van der Waals surface area (Å²) in [5, 5.41) is 3.02. The Morgan fingerprint density at radius 1 is 1.36 bits per heavy atom. The van der Waals surface area contributed by atoms with Crippen LogP contribution in [0.1, 0.15) is 32.6 Å². The third-order valence-electron chi connectivity index (χ3n) is 4.07. The van der Waals surface area contributed by atoms with Crippen LogP contribution >= 0.6 is 27.7 Å². The summed E-state index contributed by atoms with van der Waals surface area (Å²) >= 11 is 4.99. The number of likely N-dealkylation sites (tertiary alicyclic amines) is 1. The van der Waals surface area contributed by atoms with E-state index >= 15 is 0 Å². The van der Waals surface area contributed by atoms with Gasteiger partial charge in [-0.1, -0.05) is 22.4 Å². The SMILES string of the molecule is C[C@@H]1CCCCN1CCCNC(=O)CSc1ccc(Br)cc1. The second-order valence-corrected chi connectivity index (χ2v) is 7.79. The van der Waals surface area contributed by atoms with E-state index in [1.54, 1.807) is 11.8 Å². The molecule has 0 saturated carbocycles. The van der Waals surface area contributed by atoms with E-state index in [2.05, 4.69) is 33.1 Å². The molecule has 122 valence electrons. The average molecular weight is 385 g/mol. The summed E-state index contributed by atoms with van der Waals surface area (Å²) in [6.07, 6.45) is 5.04. The molecule has 1 heterocycles. The lowest BCUT2D eigenvalue weighted by atomic mass is 10.0. The van der Waals surface area contributed by atoms with E-state index in [1.807, 2.05) is 24.3 Å². The number of piperidine rings is 1. The van der Waals surface area contributed by atoms with E-state index in [0.717, 1.165) is 28.9 Å². The molecule has 0 bridgehead atoms. The molecule has 22 heavy (non-hydrogen) atoms. The summed E-state index contributed by atoms with van der Waals surface area (Å²) in [5.41, 5.74) is 0. The maximum atomic E-state index is 11.8. The van der Waals surface area contributed by atoms with Crippen LogP contribution in [0, 0.1) is 0 Å². The normalized spacial score (nSPS) is 19.1. The summed E-state index contributed by atoms with van der Waals surface area (Å²) < 4.78 is 1.06. The van der Waals surface area contributed by atoms with Crippen molar-refractivity contribution in [2.24, 2.45) is 0 Å². The molecule has 0 radical (unpaired) electrons. The zero-order chi connectivity index (χ0) is 15.8. The molecule has 1 aromatic carbocycles. The van der Waals surface area contributed by atoms with Gasteiger partial charge in [-0.25, -0.2) is 0 Å². The van der Waals surface area contributed by atoms with Crippen molar-refractivity contribution in [2.45, 2.75) is 43.5 Å². The molecular formula is C17H25BrN2OS. The minimum atomic E-state index is 0.125. The van der Waals surface area contributed by atoms with E-state index in [0.29, 0.717) is 11.8 Å². The lowest BCUT2D eigenvalue weighted by Crippen LogP contribution is -2.39. The highest BCUT2D eigenvalue weighted by Crippen LogP contribution is 2.20. The Hall–Kier alpha value is -0.520. The predicted octanol–water partition coefficient (Wildman–Crippen LogP) is 3.92. The molecule has 5 heteroatoms. The molecule has 3 nitrogen and oxygen atoms in total. The van der Waals surface area contributed by atoms with Crippen molar-refractivity contribution in [1.29, 1.82) is 0 Å². The maximum Gasteiger partial charge on any atom is 0.230 e. The Labute approximate surface area is 146 Å². The number of benzene rings is 1. The molecule has 1 saturated heterocycles. The molecule has 1 aliphatic rings. The van der Waals surface area contributed by atoms with Gasteiger partial charge in [-0.15, -0.1) is 11.8 Å². The fraction of sp³-hybridized carbons (Fsp3) is 0.588. The van der Waals surface area contributed by atoms with Gasteiger partial charge in [0.25, 0.3) is 0 Å². The molecule has 0 aromatic heterocycles. The maximum absolute atomic E-state index is 11.8. The first-order valence-corrected chi connectivity index (χ1v) is 9.82. The number of halogens is 1. The highest BCUT2D eigenvalue weighted by Gasteiger charge is 2.17.